The highest BCUT2D eigenvalue weighted by Crippen LogP contribution is 2.30. The van der Waals surface area contributed by atoms with Crippen LogP contribution in [0.5, 0.6) is 0 Å². The third kappa shape index (κ3) is 4.26. The van der Waals surface area contributed by atoms with E-state index < -0.39 is 0 Å². The van der Waals surface area contributed by atoms with Crippen LogP contribution in [0.25, 0.3) is 0 Å². The molecular formula is C7H13IN2OS2. The van der Waals surface area contributed by atoms with Crippen LogP contribution >= 0.6 is 44.5 Å². The molecule has 0 spiro atoms. The predicted molar refractivity (Wildman–Crippen MR) is 68.1 cm³/mol. The van der Waals surface area contributed by atoms with Crippen LogP contribution in [0.2, 0.25) is 0 Å². The highest BCUT2D eigenvalue weighted by Gasteiger charge is 2.20. The van der Waals surface area contributed by atoms with Crippen molar-refractivity contribution < 1.29 is 4.79 Å². The van der Waals surface area contributed by atoms with Gasteiger partial charge in [0.2, 0.25) is 5.91 Å². The second-order valence-electron chi connectivity index (χ2n) is 2.98. The van der Waals surface area contributed by atoms with Crippen molar-refractivity contribution in [2.75, 3.05) is 25.1 Å². The Morgan fingerprint density at radius 2 is 2.46 bits per heavy atom. The second-order valence-corrected chi connectivity index (χ2v) is 6.15. The number of hydrogen-bond acceptors (Lipinski definition) is 4. The van der Waals surface area contributed by atoms with E-state index in [-0.39, 0.29) is 5.91 Å². The normalized spacial score (nSPS) is 23.2. The Kier molecular flexibility index (Phi) is 5.84. The molecular weight excluding hydrogens is 319 g/mol. The maximum Gasteiger partial charge on any atom is 0.242 e. The lowest BCUT2D eigenvalue weighted by Gasteiger charge is -2.29. The molecule has 0 saturated carbocycles. The molecule has 1 rings (SSSR count). The summed E-state index contributed by atoms with van der Waals surface area (Å²) in [5, 5.41) is 0. The van der Waals surface area contributed by atoms with Gasteiger partial charge in [0.15, 0.2) is 0 Å². The maximum absolute atomic E-state index is 11.1. The molecule has 0 bridgehead atoms. The molecule has 0 aromatic heterocycles. The molecule has 6 heteroatoms. The summed E-state index contributed by atoms with van der Waals surface area (Å²) < 4.78 is 2.61. The van der Waals surface area contributed by atoms with Crippen molar-refractivity contribution in [1.82, 2.24) is 8.43 Å². The van der Waals surface area contributed by atoms with Crippen LogP contribution in [-0.4, -0.2) is 41.9 Å². The van der Waals surface area contributed by atoms with Crippen molar-refractivity contribution in [3.05, 3.63) is 0 Å². The molecule has 1 aliphatic rings. The Morgan fingerprint density at radius 1 is 1.69 bits per heavy atom. The van der Waals surface area contributed by atoms with Crippen LogP contribution < -0.4 is 3.53 Å². The molecule has 1 unspecified atom stereocenters. The van der Waals surface area contributed by atoms with Crippen LogP contribution in [0, 0.1) is 0 Å². The Labute approximate surface area is 101 Å². The average Bonchev–Trinajstić information content (AvgIpc) is 2.19. The quantitative estimate of drug-likeness (QED) is 0.483. The number of rotatable bonds is 3. The molecule has 1 N–H and O–H groups in total. The van der Waals surface area contributed by atoms with Gasteiger partial charge in [-0.05, 0) is 13.5 Å². The van der Waals surface area contributed by atoms with E-state index in [0.29, 0.717) is 12.6 Å². The van der Waals surface area contributed by atoms with Gasteiger partial charge in [-0.15, -0.1) is 0 Å². The van der Waals surface area contributed by atoms with Gasteiger partial charge in [-0.3, -0.25) is 13.2 Å². The van der Waals surface area contributed by atoms with E-state index >= 15 is 0 Å². The van der Waals surface area contributed by atoms with Gasteiger partial charge in [-0.1, -0.05) is 21.6 Å². The van der Waals surface area contributed by atoms with E-state index in [9.17, 15) is 4.79 Å². The largest absolute Gasteiger partial charge is 0.298 e. The van der Waals surface area contributed by atoms with Crippen molar-refractivity contribution in [2.45, 2.75) is 12.5 Å². The summed E-state index contributed by atoms with van der Waals surface area (Å²) in [6, 6.07) is 0.569. The highest BCUT2D eigenvalue weighted by molar-refractivity contribution is 14.1. The van der Waals surface area contributed by atoms with Gasteiger partial charge in [-0.25, -0.2) is 0 Å². The second kappa shape index (κ2) is 6.36. The minimum atomic E-state index is 0.0892. The molecule has 0 aromatic carbocycles. The highest BCUT2D eigenvalue weighted by atomic mass is 127. The smallest absolute Gasteiger partial charge is 0.242 e. The van der Waals surface area contributed by atoms with Gasteiger partial charge in [0.1, 0.15) is 0 Å². The van der Waals surface area contributed by atoms with Crippen molar-refractivity contribution in [3.63, 3.8) is 0 Å². The van der Waals surface area contributed by atoms with Crippen LogP contribution in [-0.2, 0) is 4.79 Å². The summed E-state index contributed by atoms with van der Waals surface area (Å²) in [6.45, 7) is 0.513. The zero-order chi connectivity index (χ0) is 9.68. The minimum absolute atomic E-state index is 0.0892. The minimum Gasteiger partial charge on any atom is -0.298 e. The van der Waals surface area contributed by atoms with Gasteiger partial charge in [0.05, 0.1) is 29.4 Å². The first-order chi connectivity index (χ1) is 6.24. The Hall–Kier alpha value is 0.860. The molecule has 0 radical (unpaired) electrons. The van der Waals surface area contributed by atoms with Gasteiger partial charge < -0.3 is 0 Å². The monoisotopic (exact) mass is 332 g/mol. The summed E-state index contributed by atoms with van der Waals surface area (Å²) in [6.07, 6.45) is 1.20. The summed E-state index contributed by atoms with van der Waals surface area (Å²) >= 11 is 1.88. The van der Waals surface area contributed by atoms with Gasteiger partial charge in [0.25, 0.3) is 0 Å². The first-order valence-electron chi connectivity index (χ1n) is 4.08. The molecule has 1 fully saturated rings. The van der Waals surface area contributed by atoms with Crippen molar-refractivity contribution in [3.8, 4) is 0 Å². The SMILES string of the molecule is CN(CC(=O)NI)C1CCSSC1. The van der Waals surface area contributed by atoms with Crippen molar-refractivity contribution >= 4 is 50.4 Å². The standard InChI is InChI=1S/C7H13IN2OS2/c1-10(4-7(11)9-8)6-2-3-12-13-5-6/h6H,2-5H2,1H3,(H,9,11). The van der Waals surface area contributed by atoms with E-state index in [1.54, 1.807) is 0 Å². The zero-order valence-electron chi connectivity index (χ0n) is 7.46. The van der Waals surface area contributed by atoms with E-state index in [1.807, 2.05) is 51.5 Å². The molecule has 1 aliphatic heterocycles. The summed E-state index contributed by atoms with van der Waals surface area (Å²) in [7, 11) is 5.86. The molecule has 0 aromatic rings. The molecule has 0 aliphatic carbocycles. The Balaban J connectivity index is 2.28. The Morgan fingerprint density at radius 3 is 3.00 bits per heavy atom. The summed E-state index contributed by atoms with van der Waals surface area (Å²) in [5.74, 6) is 2.42. The lowest BCUT2D eigenvalue weighted by molar-refractivity contribution is -0.120. The van der Waals surface area contributed by atoms with Crippen molar-refractivity contribution in [2.24, 2.45) is 0 Å². The predicted octanol–water partition coefficient (Wildman–Crippen LogP) is 1.54. The van der Waals surface area contributed by atoms with Crippen LogP contribution in [0.1, 0.15) is 6.42 Å². The fourth-order valence-electron chi connectivity index (χ4n) is 1.19. The fraction of sp³-hybridized carbons (Fsp3) is 0.857. The lowest BCUT2D eigenvalue weighted by Crippen LogP contribution is -2.40. The van der Waals surface area contributed by atoms with Gasteiger partial charge in [-0.2, -0.15) is 0 Å². The van der Waals surface area contributed by atoms with Crippen molar-refractivity contribution in [1.29, 1.82) is 0 Å². The molecule has 1 atom stereocenters. The average molecular weight is 332 g/mol. The lowest BCUT2D eigenvalue weighted by atomic mass is 10.2. The molecule has 1 saturated heterocycles. The van der Waals surface area contributed by atoms with Gasteiger partial charge >= 0.3 is 0 Å². The summed E-state index contributed by atoms with van der Waals surface area (Å²) in [4.78, 5) is 13.2. The number of carbonyl (C=O) groups is 1. The van der Waals surface area contributed by atoms with E-state index in [4.69, 9.17) is 0 Å². The van der Waals surface area contributed by atoms with E-state index in [1.165, 1.54) is 12.2 Å². The third-order valence-corrected chi connectivity index (χ3v) is 5.10. The Bertz CT molecular complexity index is 176. The van der Waals surface area contributed by atoms with Crippen LogP contribution in [0.3, 0.4) is 0 Å². The fourth-order valence-corrected chi connectivity index (χ4v) is 3.92. The third-order valence-electron chi connectivity index (χ3n) is 2.00. The first kappa shape index (κ1) is 11.9. The number of amides is 1. The molecule has 3 nitrogen and oxygen atoms in total. The van der Waals surface area contributed by atoms with E-state index in [0.717, 1.165) is 5.75 Å². The van der Waals surface area contributed by atoms with Gasteiger partial charge in [0, 0.05) is 17.5 Å². The topological polar surface area (TPSA) is 32.3 Å². The molecule has 1 amide bonds. The maximum atomic E-state index is 11.1. The zero-order valence-corrected chi connectivity index (χ0v) is 11.2. The number of hydrogen-bond donors (Lipinski definition) is 1. The van der Waals surface area contributed by atoms with Crippen LogP contribution in [0.4, 0.5) is 0 Å². The van der Waals surface area contributed by atoms with Crippen LogP contribution in [0.15, 0.2) is 0 Å². The summed E-state index contributed by atoms with van der Waals surface area (Å²) in [5.41, 5.74) is 0. The number of nitrogens with one attached hydrogen (secondary N) is 1. The van der Waals surface area contributed by atoms with E-state index in [2.05, 4.69) is 8.43 Å². The number of carbonyl (C=O) groups excluding carboxylic acids is 1. The number of halogens is 1. The molecule has 13 heavy (non-hydrogen) atoms. The molecule has 76 valence electrons. The first-order valence-corrected chi connectivity index (χ1v) is 7.65. The molecule has 1 heterocycles. The number of likely N-dealkylation sites (N-methyl/N-ethyl adjacent to an activating group) is 1. The number of nitrogens with zero attached hydrogens (tertiary/aromatic N) is 1.